The molecule has 0 amide bonds. The highest BCUT2D eigenvalue weighted by molar-refractivity contribution is 7.74. The molecule has 0 radical (unpaired) electrons. The molecule has 0 saturated heterocycles. The van der Waals surface area contributed by atoms with E-state index < -0.39 is 15.8 Å². The molecule has 1 N–H and O–H groups in total. The van der Waals surface area contributed by atoms with Crippen LogP contribution in [-0.4, -0.2) is 17.1 Å². The van der Waals surface area contributed by atoms with Crippen molar-refractivity contribution in [2.45, 2.75) is 12.3 Å². The Balaban J connectivity index is 1.59. The molecule has 0 saturated carbocycles. The van der Waals surface area contributed by atoms with Crippen LogP contribution in [0.15, 0.2) is 121 Å². The van der Waals surface area contributed by atoms with E-state index in [-0.39, 0.29) is 5.85 Å². The topological polar surface area (TPSA) is 20.2 Å². The zero-order valence-corrected chi connectivity index (χ0v) is 18.7. The number of hydrogen-bond acceptors (Lipinski definition) is 1. The summed E-state index contributed by atoms with van der Waals surface area (Å²) >= 11 is 0. The average Bonchev–Trinajstić information content (AvgIpc) is 2.82. The molecule has 1 nitrogen and oxygen atoms in total. The van der Waals surface area contributed by atoms with Crippen LogP contribution in [-0.2, 0) is 0 Å². The van der Waals surface area contributed by atoms with Crippen molar-refractivity contribution >= 4 is 37.1 Å². The van der Waals surface area contributed by atoms with E-state index in [9.17, 15) is 5.11 Å². The van der Waals surface area contributed by atoms with Gasteiger partial charge in [-0.3, -0.25) is 0 Å². The summed E-state index contributed by atoms with van der Waals surface area (Å²) in [5, 5.41) is 16.6. The molecule has 3 heteroatoms. The predicted octanol–water partition coefficient (Wildman–Crippen LogP) is 4.96. The van der Waals surface area contributed by atoms with Gasteiger partial charge in [-0.2, -0.15) is 0 Å². The van der Waals surface area contributed by atoms with Gasteiger partial charge < -0.3 is 5.11 Å². The lowest BCUT2D eigenvalue weighted by molar-refractivity contribution is 0.256. The Morgan fingerprint density at radius 2 is 0.833 bits per heavy atom. The smallest absolute Gasteiger partial charge is 0.0817 e. The summed E-state index contributed by atoms with van der Waals surface area (Å²) in [5.41, 5.74) is 0. The standard InChI is InChI=1S/C27H26OP2/c28-27(30(25-17-9-3-10-18-25)26-19-11-4-12-20-26)21-22-29(23-13-5-1-6-14-23)24-15-7-2-8-16-24/h1-20,27-28H,21-22H2. The van der Waals surface area contributed by atoms with E-state index >= 15 is 0 Å². The average molecular weight is 428 g/mol. The molecule has 0 spiro atoms. The Labute approximate surface area is 181 Å². The van der Waals surface area contributed by atoms with Gasteiger partial charge in [-0.05, 0) is 49.6 Å². The van der Waals surface area contributed by atoms with Gasteiger partial charge >= 0.3 is 0 Å². The molecule has 4 rings (SSSR count). The lowest BCUT2D eigenvalue weighted by atomic mass is 10.4. The number of hydrogen-bond donors (Lipinski definition) is 1. The van der Waals surface area contributed by atoms with Gasteiger partial charge in [0, 0.05) is 0 Å². The largest absolute Gasteiger partial charge is 0.388 e. The van der Waals surface area contributed by atoms with Crippen LogP contribution in [0.4, 0.5) is 0 Å². The Bertz CT molecular complexity index is 929. The Hall–Kier alpha value is -2.30. The molecule has 0 aromatic heterocycles. The van der Waals surface area contributed by atoms with Crippen LogP contribution < -0.4 is 21.2 Å². The SMILES string of the molecule is OC(CCP(c1ccccc1)c1ccccc1)P(c1ccccc1)c1ccccc1. The van der Waals surface area contributed by atoms with Crippen LogP contribution in [0.5, 0.6) is 0 Å². The first-order chi connectivity index (χ1) is 14.8. The molecule has 1 unspecified atom stereocenters. The molecule has 150 valence electrons. The van der Waals surface area contributed by atoms with Gasteiger partial charge in [0.05, 0.1) is 5.85 Å². The van der Waals surface area contributed by atoms with Crippen LogP contribution in [0.1, 0.15) is 6.42 Å². The van der Waals surface area contributed by atoms with E-state index in [1.54, 1.807) is 0 Å². The summed E-state index contributed by atoms with van der Waals surface area (Å²) in [6, 6.07) is 42.5. The van der Waals surface area contributed by atoms with Crippen LogP contribution in [0.25, 0.3) is 0 Å². The monoisotopic (exact) mass is 428 g/mol. The summed E-state index contributed by atoms with van der Waals surface area (Å²) in [7, 11) is -1.31. The van der Waals surface area contributed by atoms with Crippen molar-refractivity contribution < 1.29 is 5.11 Å². The molecule has 30 heavy (non-hydrogen) atoms. The third-order valence-corrected chi connectivity index (χ3v) is 10.2. The molecule has 0 aliphatic heterocycles. The number of benzene rings is 4. The Morgan fingerprint density at radius 3 is 1.20 bits per heavy atom. The molecule has 0 fully saturated rings. The summed E-state index contributed by atoms with van der Waals surface area (Å²) in [6.07, 6.45) is 1.76. The summed E-state index contributed by atoms with van der Waals surface area (Å²) in [5.74, 6) is -0.373. The molecule has 1 atom stereocenters. The van der Waals surface area contributed by atoms with E-state index in [1.165, 1.54) is 21.2 Å². The summed E-state index contributed by atoms with van der Waals surface area (Å²) in [6.45, 7) is 0. The number of rotatable bonds is 8. The van der Waals surface area contributed by atoms with Crippen molar-refractivity contribution in [2.75, 3.05) is 6.16 Å². The van der Waals surface area contributed by atoms with Gasteiger partial charge in [0.15, 0.2) is 0 Å². The van der Waals surface area contributed by atoms with Crippen molar-refractivity contribution in [1.29, 1.82) is 0 Å². The highest BCUT2D eigenvalue weighted by atomic mass is 31.1. The van der Waals surface area contributed by atoms with E-state index in [2.05, 4.69) is 109 Å². The number of aliphatic hydroxyl groups excluding tert-OH is 1. The zero-order valence-electron chi connectivity index (χ0n) is 16.9. The third-order valence-electron chi connectivity index (χ3n) is 5.11. The molecule has 0 heterocycles. The maximum absolute atomic E-state index is 11.4. The highest BCUT2D eigenvalue weighted by Crippen LogP contribution is 2.43. The normalized spacial score (nSPS) is 12.2. The van der Waals surface area contributed by atoms with Gasteiger partial charge in [-0.1, -0.05) is 121 Å². The van der Waals surface area contributed by atoms with Crippen molar-refractivity contribution in [1.82, 2.24) is 0 Å². The van der Waals surface area contributed by atoms with Crippen molar-refractivity contribution in [3.63, 3.8) is 0 Å². The first kappa shape index (κ1) is 21.0. The molecule has 4 aromatic rings. The lowest BCUT2D eigenvalue weighted by Crippen LogP contribution is -2.23. The molecule has 0 aliphatic carbocycles. The highest BCUT2D eigenvalue weighted by Gasteiger charge is 2.24. The molecule has 0 bridgehead atoms. The quantitative estimate of drug-likeness (QED) is 0.394. The fourth-order valence-electron chi connectivity index (χ4n) is 3.67. The summed E-state index contributed by atoms with van der Waals surface area (Å²) < 4.78 is 0. The van der Waals surface area contributed by atoms with Gasteiger partial charge in [-0.15, -0.1) is 0 Å². The lowest BCUT2D eigenvalue weighted by Gasteiger charge is -2.27. The molecule has 0 aliphatic rings. The molecular weight excluding hydrogens is 402 g/mol. The van der Waals surface area contributed by atoms with Gasteiger partial charge in [0.2, 0.25) is 0 Å². The summed E-state index contributed by atoms with van der Waals surface area (Å²) in [4.78, 5) is 0. The van der Waals surface area contributed by atoms with Crippen LogP contribution in [0, 0.1) is 0 Å². The fourth-order valence-corrected chi connectivity index (χ4v) is 8.61. The predicted molar refractivity (Wildman–Crippen MR) is 134 cm³/mol. The van der Waals surface area contributed by atoms with Gasteiger partial charge in [-0.25, -0.2) is 0 Å². The van der Waals surface area contributed by atoms with E-state index in [0.29, 0.717) is 0 Å². The maximum atomic E-state index is 11.4. The van der Waals surface area contributed by atoms with Crippen LogP contribution >= 0.6 is 15.8 Å². The second kappa shape index (κ2) is 10.6. The van der Waals surface area contributed by atoms with Crippen LogP contribution in [0.2, 0.25) is 0 Å². The maximum Gasteiger partial charge on any atom is 0.0817 e. The van der Waals surface area contributed by atoms with Gasteiger partial charge in [0.25, 0.3) is 0 Å². The third kappa shape index (κ3) is 5.24. The van der Waals surface area contributed by atoms with E-state index in [0.717, 1.165) is 12.6 Å². The second-order valence-electron chi connectivity index (χ2n) is 7.13. The van der Waals surface area contributed by atoms with Crippen molar-refractivity contribution in [3.05, 3.63) is 121 Å². The Kier molecular flexibility index (Phi) is 7.44. The first-order valence-electron chi connectivity index (χ1n) is 10.3. The van der Waals surface area contributed by atoms with E-state index in [4.69, 9.17) is 0 Å². The fraction of sp³-hybridized carbons (Fsp3) is 0.111. The molecular formula is C27H26OP2. The molecule has 4 aromatic carbocycles. The van der Waals surface area contributed by atoms with Crippen molar-refractivity contribution in [3.8, 4) is 0 Å². The van der Waals surface area contributed by atoms with Crippen LogP contribution in [0.3, 0.4) is 0 Å². The van der Waals surface area contributed by atoms with Gasteiger partial charge in [0.1, 0.15) is 0 Å². The van der Waals surface area contributed by atoms with E-state index in [1.807, 2.05) is 12.1 Å². The second-order valence-corrected chi connectivity index (χ2v) is 11.8. The minimum Gasteiger partial charge on any atom is -0.388 e. The minimum absolute atomic E-state index is 0.373. The zero-order chi connectivity index (χ0) is 20.6. The Morgan fingerprint density at radius 1 is 0.500 bits per heavy atom. The first-order valence-corrected chi connectivity index (χ1v) is 13.2. The number of aliphatic hydroxyl groups is 1. The van der Waals surface area contributed by atoms with Crippen molar-refractivity contribution in [2.24, 2.45) is 0 Å². The minimum atomic E-state index is -0.815.